The zero-order valence-corrected chi connectivity index (χ0v) is 13.5. The molecular formula is C18H16N2O2S. The predicted molar refractivity (Wildman–Crippen MR) is 94.5 cm³/mol. The summed E-state index contributed by atoms with van der Waals surface area (Å²) < 4.78 is 5.29. The van der Waals surface area contributed by atoms with Crippen molar-refractivity contribution in [1.29, 1.82) is 0 Å². The Labute approximate surface area is 139 Å². The molecule has 1 saturated heterocycles. The molecule has 0 unspecified atom stereocenters. The Kier molecular flexibility index (Phi) is 4.48. The first kappa shape index (κ1) is 15.4. The van der Waals surface area contributed by atoms with Crippen LogP contribution in [0.1, 0.15) is 11.3 Å². The van der Waals surface area contributed by atoms with Crippen molar-refractivity contribution in [2.45, 2.75) is 6.92 Å². The first-order chi connectivity index (χ1) is 11.2. The summed E-state index contributed by atoms with van der Waals surface area (Å²) in [5.41, 5.74) is 1.99. The normalized spacial score (nSPS) is 18.1. The van der Waals surface area contributed by atoms with E-state index >= 15 is 0 Å². The fourth-order valence-corrected chi connectivity index (χ4v) is 3.10. The van der Waals surface area contributed by atoms with Gasteiger partial charge in [-0.1, -0.05) is 23.8 Å². The highest BCUT2D eigenvalue weighted by Gasteiger charge is 2.32. The Bertz CT molecular complexity index is 774. The molecule has 0 radical (unpaired) electrons. The standard InChI is InChI=1S/C18H16N2O2S/c1-3-10-20-17(21)16(12-15-5-4-11-22-15)23-18(20)19-14-8-6-13(2)7-9-14/h3-9,11-12H,1,10H2,2H3. The van der Waals surface area contributed by atoms with Crippen molar-refractivity contribution in [3.8, 4) is 0 Å². The zero-order valence-electron chi connectivity index (χ0n) is 12.7. The van der Waals surface area contributed by atoms with E-state index in [4.69, 9.17) is 4.42 Å². The fraction of sp³-hybridized carbons (Fsp3) is 0.111. The molecule has 1 amide bonds. The molecule has 4 nitrogen and oxygen atoms in total. The van der Waals surface area contributed by atoms with Gasteiger partial charge in [-0.3, -0.25) is 9.69 Å². The number of carbonyl (C=O) groups excluding carboxylic acids is 1. The topological polar surface area (TPSA) is 45.8 Å². The van der Waals surface area contributed by atoms with Gasteiger partial charge in [-0.05, 0) is 43.0 Å². The van der Waals surface area contributed by atoms with Crippen molar-refractivity contribution in [2.24, 2.45) is 4.99 Å². The summed E-state index contributed by atoms with van der Waals surface area (Å²) >= 11 is 1.34. The van der Waals surface area contributed by atoms with Crippen molar-refractivity contribution < 1.29 is 9.21 Å². The van der Waals surface area contributed by atoms with Crippen LogP contribution in [0, 0.1) is 6.92 Å². The third-order valence-corrected chi connectivity index (χ3v) is 4.28. The first-order valence-corrected chi connectivity index (χ1v) is 8.00. The van der Waals surface area contributed by atoms with Crippen LogP contribution in [0.5, 0.6) is 0 Å². The van der Waals surface area contributed by atoms with Gasteiger partial charge >= 0.3 is 0 Å². The number of furan rings is 1. The lowest BCUT2D eigenvalue weighted by Gasteiger charge is -2.12. The number of amidine groups is 1. The average molecular weight is 324 g/mol. The maximum absolute atomic E-state index is 12.5. The molecule has 0 aliphatic carbocycles. The van der Waals surface area contributed by atoms with Crippen LogP contribution in [-0.2, 0) is 4.79 Å². The van der Waals surface area contributed by atoms with Crippen LogP contribution in [0.4, 0.5) is 5.69 Å². The highest BCUT2D eigenvalue weighted by atomic mass is 32.2. The summed E-state index contributed by atoms with van der Waals surface area (Å²) in [4.78, 5) is 19.3. The summed E-state index contributed by atoms with van der Waals surface area (Å²) in [6.45, 7) is 6.17. The molecule has 0 bridgehead atoms. The third kappa shape index (κ3) is 3.46. The average Bonchev–Trinajstić information content (AvgIpc) is 3.14. The molecular weight excluding hydrogens is 308 g/mol. The maximum Gasteiger partial charge on any atom is 0.267 e. The number of carbonyl (C=O) groups is 1. The lowest BCUT2D eigenvalue weighted by atomic mass is 10.2. The minimum Gasteiger partial charge on any atom is -0.465 e. The number of thioether (sulfide) groups is 1. The second-order valence-electron chi connectivity index (χ2n) is 5.06. The second-order valence-corrected chi connectivity index (χ2v) is 6.07. The van der Waals surface area contributed by atoms with Crippen LogP contribution in [0.15, 0.2) is 69.6 Å². The lowest BCUT2D eigenvalue weighted by molar-refractivity contribution is -0.121. The van der Waals surface area contributed by atoms with Crippen LogP contribution in [-0.4, -0.2) is 22.5 Å². The van der Waals surface area contributed by atoms with E-state index in [2.05, 4.69) is 11.6 Å². The highest BCUT2D eigenvalue weighted by Crippen LogP contribution is 2.34. The monoisotopic (exact) mass is 324 g/mol. The van der Waals surface area contributed by atoms with Gasteiger partial charge in [0.2, 0.25) is 0 Å². The largest absolute Gasteiger partial charge is 0.465 e. The number of aliphatic imine (C=N–C) groups is 1. The van der Waals surface area contributed by atoms with Gasteiger partial charge in [-0.2, -0.15) is 0 Å². The van der Waals surface area contributed by atoms with Gasteiger partial charge in [-0.25, -0.2) is 4.99 Å². The molecule has 0 N–H and O–H groups in total. The quantitative estimate of drug-likeness (QED) is 0.619. The van der Waals surface area contributed by atoms with Gasteiger partial charge in [0.25, 0.3) is 5.91 Å². The molecule has 116 valence electrons. The molecule has 1 aromatic heterocycles. The summed E-state index contributed by atoms with van der Waals surface area (Å²) in [6.07, 6.45) is 5.01. The smallest absolute Gasteiger partial charge is 0.267 e. The summed E-state index contributed by atoms with van der Waals surface area (Å²) in [7, 11) is 0. The Hall–Kier alpha value is -2.53. The third-order valence-electron chi connectivity index (χ3n) is 3.28. The van der Waals surface area contributed by atoms with E-state index < -0.39 is 0 Å². The highest BCUT2D eigenvalue weighted by molar-refractivity contribution is 8.18. The van der Waals surface area contributed by atoms with Crippen molar-refractivity contribution >= 4 is 34.6 Å². The molecule has 1 aromatic carbocycles. The molecule has 3 rings (SSSR count). The molecule has 1 aliphatic rings. The Morgan fingerprint density at radius 3 is 2.74 bits per heavy atom. The van der Waals surface area contributed by atoms with Crippen LogP contribution in [0.25, 0.3) is 6.08 Å². The molecule has 23 heavy (non-hydrogen) atoms. The number of nitrogens with zero attached hydrogens (tertiary/aromatic N) is 2. The summed E-state index contributed by atoms with van der Waals surface area (Å²) in [6, 6.07) is 11.5. The number of amides is 1. The minimum atomic E-state index is -0.0860. The molecule has 1 aliphatic heterocycles. The molecule has 0 saturated carbocycles. The van der Waals surface area contributed by atoms with Gasteiger partial charge in [0.15, 0.2) is 5.17 Å². The van der Waals surface area contributed by atoms with E-state index in [1.54, 1.807) is 29.4 Å². The van der Waals surface area contributed by atoms with Crippen molar-refractivity contribution in [3.05, 3.63) is 71.5 Å². The number of aryl methyl sites for hydroxylation is 1. The van der Waals surface area contributed by atoms with Crippen LogP contribution in [0.3, 0.4) is 0 Å². The minimum absolute atomic E-state index is 0.0860. The SMILES string of the molecule is C=CCN1C(=O)C(=Cc2ccco2)SC1=Nc1ccc(C)cc1. The first-order valence-electron chi connectivity index (χ1n) is 7.18. The van der Waals surface area contributed by atoms with Crippen molar-refractivity contribution in [3.63, 3.8) is 0 Å². The van der Waals surface area contributed by atoms with Crippen molar-refractivity contribution in [1.82, 2.24) is 4.90 Å². The Balaban J connectivity index is 1.93. The van der Waals surface area contributed by atoms with E-state index in [0.717, 1.165) is 5.69 Å². The van der Waals surface area contributed by atoms with Crippen LogP contribution < -0.4 is 0 Å². The van der Waals surface area contributed by atoms with E-state index in [1.165, 1.54) is 17.3 Å². The molecule has 0 spiro atoms. The lowest BCUT2D eigenvalue weighted by Crippen LogP contribution is -2.29. The fourth-order valence-electron chi connectivity index (χ4n) is 2.11. The Morgan fingerprint density at radius 1 is 1.30 bits per heavy atom. The number of hydrogen-bond acceptors (Lipinski definition) is 4. The van der Waals surface area contributed by atoms with Gasteiger partial charge < -0.3 is 4.42 Å². The van der Waals surface area contributed by atoms with Crippen LogP contribution >= 0.6 is 11.8 Å². The summed E-state index contributed by atoms with van der Waals surface area (Å²) in [5.74, 6) is 0.563. The number of rotatable bonds is 4. The second kappa shape index (κ2) is 6.71. The molecule has 0 atom stereocenters. The molecule has 2 aromatic rings. The van der Waals surface area contributed by atoms with Gasteiger partial charge in [0.1, 0.15) is 5.76 Å². The molecule has 5 heteroatoms. The van der Waals surface area contributed by atoms with E-state index in [1.807, 2.05) is 37.3 Å². The van der Waals surface area contributed by atoms with E-state index in [9.17, 15) is 4.79 Å². The molecule has 1 fully saturated rings. The van der Waals surface area contributed by atoms with Gasteiger partial charge in [-0.15, -0.1) is 6.58 Å². The number of benzene rings is 1. The summed E-state index contributed by atoms with van der Waals surface area (Å²) in [5, 5.41) is 0.650. The van der Waals surface area contributed by atoms with Gasteiger partial charge in [0.05, 0.1) is 16.9 Å². The van der Waals surface area contributed by atoms with E-state index in [-0.39, 0.29) is 5.91 Å². The van der Waals surface area contributed by atoms with Gasteiger partial charge in [0, 0.05) is 12.6 Å². The van der Waals surface area contributed by atoms with Crippen molar-refractivity contribution in [2.75, 3.05) is 6.54 Å². The zero-order chi connectivity index (χ0) is 16.2. The van der Waals surface area contributed by atoms with E-state index in [0.29, 0.717) is 22.4 Å². The number of hydrogen-bond donors (Lipinski definition) is 0. The van der Waals surface area contributed by atoms with Crippen LogP contribution in [0.2, 0.25) is 0 Å². The molecule has 2 heterocycles. The predicted octanol–water partition coefficient (Wildman–Crippen LogP) is 4.38. The maximum atomic E-state index is 12.5. The Morgan fingerprint density at radius 2 is 2.09 bits per heavy atom.